The predicted octanol–water partition coefficient (Wildman–Crippen LogP) is 1.73. The molecule has 0 amide bonds. The molecule has 0 spiro atoms. The first-order chi connectivity index (χ1) is 6.97. The number of pyridine rings is 1. The molecule has 1 heterocycles. The van der Waals surface area contributed by atoms with Crippen molar-refractivity contribution in [1.82, 2.24) is 4.98 Å². The number of hydrogen-bond donors (Lipinski definition) is 1. The van der Waals surface area contributed by atoms with Crippen LogP contribution in [-0.2, 0) is 0 Å². The number of carboxylic acid groups (broad SMARTS) is 1. The van der Waals surface area contributed by atoms with E-state index >= 15 is 0 Å². The fourth-order valence-electron chi connectivity index (χ4n) is 0.907. The summed E-state index contributed by atoms with van der Waals surface area (Å²) in [6.07, 6.45) is -3.20. The minimum Gasteiger partial charge on any atom is -0.476 e. The maximum absolute atomic E-state index is 13.1. The lowest BCUT2D eigenvalue weighted by molar-refractivity contribution is 0.0683. The number of hydrogen-bond acceptors (Lipinski definition) is 3. The van der Waals surface area contributed by atoms with E-state index in [9.17, 15) is 18.0 Å². The molecule has 78 valence electrons. The summed E-state index contributed by atoms with van der Waals surface area (Å²) in [7, 11) is 0. The number of aromatic nitrogens is 1. The molecule has 1 aromatic rings. The summed E-state index contributed by atoms with van der Waals surface area (Å²) >= 11 is 0. The van der Waals surface area contributed by atoms with Crippen LogP contribution < -0.4 is 0 Å². The molecule has 0 aliphatic carbocycles. The standard InChI is InChI=1S/C8H3F3N2O2/c9-5-4(7(10)11)1-3(2-12)13-6(5)8(14)15/h1,7H,(H,14,15). The first kappa shape index (κ1) is 11.0. The lowest BCUT2D eigenvalue weighted by Crippen LogP contribution is -2.09. The number of carbonyl (C=O) groups is 1. The smallest absolute Gasteiger partial charge is 0.357 e. The van der Waals surface area contributed by atoms with Crippen molar-refractivity contribution < 1.29 is 23.1 Å². The molecule has 0 aliphatic rings. The average Bonchev–Trinajstić information content (AvgIpc) is 2.17. The highest BCUT2D eigenvalue weighted by molar-refractivity contribution is 5.86. The molecule has 0 saturated heterocycles. The van der Waals surface area contributed by atoms with Crippen molar-refractivity contribution in [2.45, 2.75) is 6.43 Å². The van der Waals surface area contributed by atoms with Crippen LogP contribution in [0.1, 0.15) is 28.2 Å². The molecule has 0 unspecified atom stereocenters. The summed E-state index contributed by atoms with van der Waals surface area (Å²) in [4.78, 5) is 13.5. The van der Waals surface area contributed by atoms with Crippen molar-refractivity contribution in [1.29, 1.82) is 5.26 Å². The molecule has 0 saturated carbocycles. The molecular weight excluding hydrogens is 213 g/mol. The van der Waals surface area contributed by atoms with Gasteiger partial charge in [0.05, 0.1) is 5.56 Å². The van der Waals surface area contributed by atoms with Crippen LogP contribution >= 0.6 is 0 Å². The molecule has 1 aromatic heterocycles. The third-order valence-electron chi connectivity index (χ3n) is 1.54. The zero-order valence-corrected chi connectivity index (χ0v) is 7.04. The van der Waals surface area contributed by atoms with E-state index in [2.05, 4.69) is 4.98 Å². The molecule has 0 aliphatic heterocycles. The number of carboxylic acids is 1. The average molecular weight is 216 g/mol. The second kappa shape index (κ2) is 3.96. The van der Waals surface area contributed by atoms with Gasteiger partial charge in [0.1, 0.15) is 11.8 Å². The largest absolute Gasteiger partial charge is 0.476 e. The number of nitrogens with zero attached hydrogens (tertiary/aromatic N) is 2. The van der Waals surface area contributed by atoms with Gasteiger partial charge in [-0.1, -0.05) is 0 Å². The maximum atomic E-state index is 13.1. The molecule has 0 bridgehead atoms. The van der Waals surface area contributed by atoms with E-state index in [4.69, 9.17) is 10.4 Å². The van der Waals surface area contributed by atoms with Gasteiger partial charge in [-0.05, 0) is 6.07 Å². The van der Waals surface area contributed by atoms with Crippen molar-refractivity contribution in [2.24, 2.45) is 0 Å². The second-order valence-electron chi connectivity index (χ2n) is 2.48. The van der Waals surface area contributed by atoms with Gasteiger partial charge >= 0.3 is 5.97 Å². The van der Waals surface area contributed by atoms with Gasteiger partial charge < -0.3 is 5.11 Å². The van der Waals surface area contributed by atoms with Gasteiger partial charge in [0.25, 0.3) is 6.43 Å². The molecule has 15 heavy (non-hydrogen) atoms. The Morgan fingerprint density at radius 1 is 1.60 bits per heavy atom. The number of aromatic carboxylic acids is 1. The van der Waals surface area contributed by atoms with Crippen LogP contribution in [0.5, 0.6) is 0 Å². The van der Waals surface area contributed by atoms with E-state index < -0.39 is 35.2 Å². The Balaban J connectivity index is 3.49. The van der Waals surface area contributed by atoms with E-state index in [0.29, 0.717) is 6.07 Å². The summed E-state index contributed by atoms with van der Waals surface area (Å²) in [5, 5.41) is 16.8. The van der Waals surface area contributed by atoms with Crippen LogP contribution in [0.3, 0.4) is 0 Å². The van der Waals surface area contributed by atoms with E-state index in [0.717, 1.165) is 0 Å². The summed E-state index contributed by atoms with van der Waals surface area (Å²) in [6, 6.07) is 1.89. The number of halogens is 3. The predicted molar refractivity (Wildman–Crippen MR) is 40.8 cm³/mol. The van der Waals surface area contributed by atoms with E-state index in [1.165, 1.54) is 6.07 Å². The van der Waals surface area contributed by atoms with Crippen LogP contribution in [0.4, 0.5) is 13.2 Å². The highest BCUT2D eigenvalue weighted by Gasteiger charge is 2.23. The Morgan fingerprint density at radius 2 is 2.20 bits per heavy atom. The second-order valence-corrected chi connectivity index (χ2v) is 2.48. The molecule has 7 heteroatoms. The van der Waals surface area contributed by atoms with Gasteiger partial charge in [-0.2, -0.15) is 5.26 Å². The van der Waals surface area contributed by atoms with E-state index in [1.807, 2.05) is 0 Å². The van der Waals surface area contributed by atoms with Gasteiger partial charge in [0, 0.05) is 0 Å². The van der Waals surface area contributed by atoms with Crippen molar-refractivity contribution >= 4 is 5.97 Å². The molecule has 0 fully saturated rings. The molecule has 1 N–H and O–H groups in total. The minimum atomic E-state index is -3.20. The third-order valence-corrected chi connectivity index (χ3v) is 1.54. The Labute approximate surface area is 81.6 Å². The number of alkyl halides is 2. The molecule has 0 aromatic carbocycles. The van der Waals surface area contributed by atoms with Crippen LogP contribution in [-0.4, -0.2) is 16.1 Å². The van der Waals surface area contributed by atoms with Crippen molar-refractivity contribution in [2.75, 3.05) is 0 Å². The minimum absolute atomic E-state index is 0.520. The fraction of sp³-hybridized carbons (Fsp3) is 0.125. The van der Waals surface area contributed by atoms with Gasteiger partial charge in [-0.15, -0.1) is 0 Å². The van der Waals surface area contributed by atoms with Gasteiger partial charge in [-0.3, -0.25) is 0 Å². The first-order valence-electron chi connectivity index (χ1n) is 3.59. The lowest BCUT2D eigenvalue weighted by atomic mass is 10.2. The highest BCUT2D eigenvalue weighted by Crippen LogP contribution is 2.24. The molecule has 0 radical (unpaired) electrons. The third kappa shape index (κ3) is 2.04. The van der Waals surface area contributed by atoms with E-state index in [-0.39, 0.29) is 0 Å². The normalized spacial score (nSPS) is 10.1. The Kier molecular flexibility index (Phi) is 2.90. The zero-order chi connectivity index (χ0) is 11.6. The van der Waals surface area contributed by atoms with E-state index in [1.54, 1.807) is 0 Å². The SMILES string of the molecule is N#Cc1cc(C(F)F)c(F)c(C(=O)O)n1. The van der Waals surface area contributed by atoms with Gasteiger partial charge in [0.15, 0.2) is 11.5 Å². The first-order valence-corrected chi connectivity index (χ1v) is 3.59. The molecule has 4 nitrogen and oxygen atoms in total. The summed E-state index contributed by atoms with van der Waals surface area (Å²) in [5.41, 5.74) is -2.88. The van der Waals surface area contributed by atoms with Crippen LogP contribution in [0.2, 0.25) is 0 Å². The number of nitriles is 1. The summed E-state index contributed by atoms with van der Waals surface area (Å²) < 4.78 is 37.5. The van der Waals surface area contributed by atoms with Gasteiger partial charge in [0.2, 0.25) is 0 Å². The highest BCUT2D eigenvalue weighted by atomic mass is 19.3. The lowest BCUT2D eigenvalue weighted by Gasteiger charge is -2.04. The monoisotopic (exact) mass is 216 g/mol. The molecular formula is C8H3F3N2O2. The molecule has 1 rings (SSSR count). The molecule has 0 atom stereocenters. The summed E-state index contributed by atoms with van der Waals surface area (Å²) in [5.74, 6) is -3.41. The Morgan fingerprint density at radius 3 is 2.60 bits per heavy atom. The van der Waals surface area contributed by atoms with Crippen LogP contribution in [0.15, 0.2) is 6.07 Å². The topological polar surface area (TPSA) is 74.0 Å². The summed E-state index contributed by atoms with van der Waals surface area (Å²) in [6.45, 7) is 0. The maximum Gasteiger partial charge on any atom is 0.357 e. The van der Waals surface area contributed by atoms with Crippen molar-refractivity contribution in [3.05, 3.63) is 28.8 Å². The van der Waals surface area contributed by atoms with Crippen molar-refractivity contribution in [3.8, 4) is 6.07 Å². The fourth-order valence-corrected chi connectivity index (χ4v) is 0.907. The Hall–Kier alpha value is -2.10. The zero-order valence-electron chi connectivity index (χ0n) is 7.04. The van der Waals surface area contributed by atoms with Gasteiger partial charge in [-0.25, -0.2) is 22.9 Å². The van der Waals surface area contributed by atoms with Crippen LogP contribution in [0.25, 0.3) is 0 Å². The van der Waals surface area contributed by atoms with Crippen LogP contribution in [0, 0.1) is 17.1 Å². The quantitative estimate of drug-likeness (QED) is 0.816. The Bertz CT molecular complexity index is 454. The van der Waals surface area contributed by atoms with Crippen molar-refractivity contribution in [3.63, 3.8) is 0 Å². The number of rotatable bonds is 2.